The average Bonchev–Trinajstić information content (AvgIpc) is 2.64. The predicted octanol–water partition coefficient (Wildman–Crippen LogP) is 5.91. The van der Waals surface area contributed by atoms with E-state index in [4.69, 9.17) is 0 Å². The molecule has 0 bridgehead atoms. The molecule has 0 atom stereocenters. The van der Waals surface area contributed by atoms with Gasteiger partial charge in [-0.2, -0.15) is 57.1 Å². The van der Waals surface area contributed by atoms with E-state index in [1.807, 2.05) is 0 Å². The van der Waals surface area contributed by atoms with Gasteiger partial charge in [0.15, 0.2) is 0 Å². The highest BCUT2D eigenvalue weighted by molar-refractivity contribution is 5.54. The fraction of sp³-hybridized carbons (Fsp3) is 0.600. The number of methoxy groups -OCH3 is 3. The van der Waals surface area contributed by atoms with Crippen LogP contribution in [0.3, 0.4) is 0 Å². The predicted molar refractivity (Wildman–Crippen MR) is 75.8 cm³/mol. The van der Waals surface area contributed by atoms with Gasteiger partial charge in [-0.1, -0.05) is 0 Å². The Labute approximate surface area is 164 Å². The molecular weight excluding hydrogens is 475 g/mol. The van der Waals surface area contributed by atoms with Crippen molar-refractivity contribution in [3.8, 4) is 17.2 Å². The quantitative estimate of drug-likeness (QED) is 0.428. The zero-order chi connectivity index (χ0) is 24.8. The molecule has 1 aromatic rings. The number of ether oxygens (including phenoxy) is 3. The summed E-state index contributed by atoms with van der Waals surface area (Å²) in [4.78, 5) is 0. The molecule has 31 heavy (non-hydrogen) atoms. The van der Waals surface area contributed by atoms with Crippen LogP contribution in [0, 0.1) is 0 Å². The Morgan fingerprint density at radius 2 is 0.871 bits per heavy atom. The summed E-state index contributed by atoms with van der Waals surface area (Å²) < 4.78 is 187. The highest BCUT2D eigenvalue weighted by Gasteiger charge is 2.91. The third-order valence-electron chi connectivity index (χ3n) is 3.96. The normalized spacial score (nSPS) is 14.5. The van der Waals surface area contributed by atoms with Crippen molar-refractivity contribution in [3.05, 3.63) is 17.7 Å². The lowest BCUT2D eigenvalue weighted by Gasteiger charge is -2.40. The number of alkyl halides is 13. The zero-order valence-electron chi connectivity index (χ0n) is 15.3. The van der Waals surface area contributed by atoms with Gasteiger partial charge in [-0.25, -0.2) is 0 Å². The lowest BCUT2D eigenvalue weighted by atomic mass is 9.89. The van der Waals surface area contributed by atoms with Gasteiger partial charge in [0.05, 0.1) is 21.3 Å². The van der Waals surface area contributed by atoms with Gasteiger partial charge in [0.25, 0.3) is 0 Å². The Morgan fingerprint density at radius 1 is 0.516 bits per heavy atom. The Balaban J connectivity index is 3.84. The van der Waals surface area contributed by atoms with Crippen LogP contribution in [0.4, 0.5) is 57.1 Å². The monoisotopic (exact) mass is 486 g/mol. The van der Waals surface area contributed by atoms with Crippen LogP contribution in [0.1, 0.15) is 5.56 Å². The summed E-state index contributed by atoms with van der Waals surface area (Å²) >= 11 is 0. The topological polar surface area (TPSA) is 27.7 Å². The molecular formula is C15H11F13O3. The first-order valence-corrected chi connectivity index (χ1v) is 7.45. The summed E-state index contributed by atoms with van der Waals surface area (Å²) in [6.45, 7) is 0. The van der Waals surface area contributed by atoms with Crippen molar-refractivity contribution >= 4 is 0 Å². The fourth-order valence-corrected chi connectivity index (χ4v) is 2.24. The first kappa shape index (κ1) is 26.7. The van der Waals surface area contributed by atoms with E-state index in [2.05, 4.69) is 14.2 Å². The van der Waals surface area contributed by atoms with Crippen molar-refractivity contribution in [1.82, 2.24) is 0 Å². The highest BCUT2D eigenvalue weighted by atomic mass is 19.4. The molecule has 0 aliphatic carbocycles. The second-order valence-corrected chi connectivity index (χ2v) is 5.78. The molecule has 0 amide bonds. The first-order chi connectivity index (χ1) is 13.7. The van der Waals surface area contributed by atoms with Gasteiger partial charge >= 0.3 is 35.8 Å². The van der Waals surface area contributed by atoms with E-state index in [-0.39, 0.29) is 0 Å². The van der Waals surface area contributed by atoms with Crippen LogP contribution in [0.2, 0.25) is 0 Å². The van der Waals surface area contributed by atoms with Gasteiger partial charge in [0, 0.05) is 12.1 Å². The Hall–Kier alpha value is -2.29. The maximum atomic E-state index is 14.5. The van der Waals surface area contributed by atoms with Crippen molar-refractivity contribution in [1.29, 1.82) is 0 Å². The molecule has 3 nitrogen and oxygen atoms in total. The second kappa shape index (κ2) is 7.69. The van der Waals surface area contributed by atoms with Gasteiger partial charge in [-0.15, -0.1) is 0 Å². The molecule has 1 rings (SSSR count). The van der Waals surface area contributed by atoms with Gasteiger partial charge < -0.3 is 14.2 Å². The molecule has 0 radical (unpaired) electrons. The van der Waals surface area contributed by atoms with E-state index in [1.54, 1.807) is 0 Å². The number of hydrogen-bond donors (Lipinski definition) is 0. The molecule has 0 heterocycles. The smallest absolute Gasteiger partial charge is 0.460 e. The molecule has 0 N–H and O–H groups in total. The summed E-state index contributed by atoms with van der Waals surface area (Å²) in [5.41, 5.74) is -2.34. The molecule has 180 valence electrons. The molecule has 0 spiro atoms. The van der Waals surface area contributed by atoms with Crippen LogP contribution >= 0.6 is 0 Å². The van der Waals surface area contributed by atoms with Crippen molar-refractivity contribution in [2.24, 2.45) is 0 Å². The van der Waals surface area contributed by atoms with Gasteiger partial charge in [-0.05, 0) is 0 Å². The van der Waals surface area contributed by atoms with Crippen molar-refractivity contribution in [2.45, 2.75) is 35.8 Å². The van der Waals surface area contributed by atoms with Crippen LogP contribution in [-0.2, 0) is 5.92 Å². The van der Waals surface area contributed by atoms with E-state index < -0.39 is 58.6 Å². The summed E-state index contributed by atoms with van der Waals surface area (Å²) in [5, 5.41) is 0. The van der Waals surface area contributed by atoms with Crippen LogP contribution in [-0.4, -0.2) is 51.2 Å². The zero-order valence-corrected chi connectivity index (χ0v) is 15.3. The second-order valence-electron chi connectivity index (χ2n) is 5.78. The number of benzene rings is 1. The van der Waals surface area contributed by atoms with E-state index in [0.717, 1.165) is 7.11 Å². The Morgan fingerprint density at radius 3 is 1.16 bits per heavy atom. The van der Waals surface area contributed by atoms with E-state index in [1.165, 1.54) is 0 Å². The molecule has 1 aromatic carbocycles. The number of halogens is 13. The highest BCUT2D eigenvalue weighted by Crippen LogP contribution is 2.63. The summed E-state index contributed by atoms with van der Waals surface area (Å²) in [5.74, 6) is -41.1. The molecule has 0 saturated carbocycles. The summed E-state index contributed by atoms with van der Waals surface area (Å²) in [6, 6.07) is 0.783. The molecule has 0 aliphatic heterocycles. The van der Waals surface area contributed by atoms with Crippen LogP contribution in [0.25, 0.3) is 0 Å². The molecule has 0 aliphatic rings. The summed E-state index contributed by atoms with van der Waals surface area (Å²) in [6.07, 6.45) is -7.49. The van der Waals surface area contributed by atoms with Gasteiger partial charge in [0.2, 0.25) is 0 Å². The Kier molecular flexibility index (Phi) is 6.63. The third-order valence-corrected chi connectivity index (χ3v) is 3.96. The molecule has 0 saturated heterocycles. The van der Waals surface area contributed by atoms with Crippen molar-refractivity contribution in [2.75, 3.05) is 21.3 Å². The molecule has 0 aromatic heterocycles. The van der Waals surface area contributed by atoms with Crippen LogP contribution < -0.4 is 14.2 Å². The first-order valence-electron chi connectivity index (χ1n) is 7.45. The standard InChI is InChI=1S/C15H11F13O3/c1-29-6-4-7(30-2)9(8(5-6)31-3)10(16,17)11(18,19)12(20,21)13(22,23)14(24,25)15(26,27)28/h4-5H,1-3H3. The SMILES string of the molecule is COc1cc(OC)c(C(F)(F)C(F)(F)C(F)(F)C(F)(F)C(F)(F)C(F)(F)F)c(OC)c1. The average molecular weight is 486 g/mol. The maximum Gasteiger partial charge on any atom is 0.460 e. The van der Waals surface area contributed by atoms with E-state index in [0.29, 0.717) is 26.4 Å². The molecule has 0 unspecified atom stereocenters. The third kappa shape index (κ3) is 3.66. The molecule has 0 fully saturated rings. The van der Waals surface area contributed by atoms with Crippen molar-refractivity contribution < 1.29 is 71.3 Å². The fourth-order valence-electron chi connectivity index (χ4n) is 2.24. The maximum absolute atomic E-state index is 14.5. The lowest BCUT2D eigenvalue weighted by Crippen LogP contribution is -2.69. The molecule has 16 heteroatoms. The van der Waals surface area contributed by atoms with E-state index >= 15 is 0 Å². The summed E-state index contributed by atoms with van der Waals surface area (Å²) in [7, 11) is 2.00. The number of rotatable bonds is 8. The van der Waals surface area contributed by atoms with Gasteiger partial charge in [-0.3, -0.25) is 0 Å². The minimum Gasteiger partial charge on any atom is -0.496 e. The lowest BCUT2D eigenvalue weighted by molar-refractivity contribution is -0.441. The minimum absolute atomic E-state index is 0.391. The Bertz CT molecular complexity index is 777. The number of hydrogen-bond acceptors (Lipinski definition) is 3. The van der Waals surface area contributed by atoms with Gasteiger partial charge in [0.1, 0.15) is 22.8 Å². The largest absolute Gasteiger partial charge is 0.496 e. The van der Waals surface area contributed by atoms with Crippen molar-refractivity contribution in [3.63, 3.8) is 0 Å². The van der Waals surface area contributed by atoms with Crippen LogP contribution in [0.5, 0.6) is 17.2 Å². The minimum atomic E-state index is -8.00. The van der Waals surface area contributed by atoms with Crippen LogP contribution in [0.15, 0.2) is 12.1 Å². The van der Waals surface area contributed by atoms with E-state index in [9.17, 15) is 57.1 Å².